The maximum atomic E-state index is 13.0. The van der Waals surface area contributed by atoms with Crippen molar-refractivity contribution < 1.29 is 14.3 Å². The molecule has 0 fully saturated rings. The van der Waals surface area contributed by atoms with Crippen LogP contribution in [-0.4, -0.2) is 17.6 Å². The minimum Gasteiger partial charge on any atom is -0.481 e. The van der Waals surface area contributed by atoms with Crippen LogP contribution in [0.2, 0.25) is 0 Å². The van der Waals surface area contributed by atoms with Crippen LogP contribution in [0.5, 0.6) is 0 Å². The van der Waals surface area contributed by atoms with E-state index in [9.17, 15) is 14.3 Å². The van der Waals surface area contributed by atoms with Crippen molar-refractivity contribution in [3.8, 4) is 0 Å². The highest BCUT2D eigenvalue weighted by molar-refractivity contribution is 7.07. The van der Waals surface area contributed by atoms with Crippen molar-refractivity contribution in [2.75, 3.05) is 6.54 Å². The van der Waals surface area contributed by atoms with Gasteiger partial charge in [-0.05, 0) is 52.9 Å². The third-order valence-corrected chi connectivity index (χ3v) is 4.31. The Morgan fingerprint density at radius 2 is 2.00 bits per heavy atom. The topological polar surface area (TPSA) is 63.3 Å². The van der Waals surface area contributed by atoms with Gasteiger partial charge in [-0.3, -0.25) is 4.79 Å². The fraction of sp³-hybridized carbons (Fsp3) is 0.267. The number of aryl methyl sites for hydroxylation is 1. The summed E-state index contributed by atoms with van der Waals surface area (Å²) in [5, 5.41) is 13.6. The summed E-state index contributed by atoms with van der Waals surface area (Å²) in [6.45, 7) is -0.0158. The monoisotopic (exact) mass is 293 g/mol. The van der Waals surface area contributed by atoms with Crippen molar-refractivity contribution in [1.29, 1.82) is 0 Å². The number of thiophene rings is 1. The summed E-state index contributed by atoms with van der Waals surface area (Å²) in [6.07, 6.45) is 1.02. The van der Waals surface area contributed by atoms with Crippen LogP contribution in [0.1, 0.15) is 17.5 Å². The smallest absolute Gasteiger partial charge is 0.315 e. The number of carboxylic acids is 1. The molecule has 1 unspecified atom stereocenters. The Balaban J connectivity index is 2.29. The summed E-state index contributed by atoms with van der Waals surface area (Å²) in [4.78, 5) is 11.7. The number of nitrogens with two attached hydrogens (primary N) is 1. The molecule has 1 atom stereocenters. The van der Waals surface area contributed by atoms with Crippen LogP contribution in [0, 0.1) is 5.82 Å². The Kier molecular flexibility index (Phi) is 4.52. The molecule has 0 radical (unpaired) electrons. The number of aliphatic carboxylic acids is 1. The van der Waals surface area contributed by atoms with Gasteiger partial charge in [-0.1, -0.05) is 12.1 Å². The number of hydrogen-bond donors (Lipinski definition) is 2. The summed E-state index contributed by atoms with van der Waals surface area (Å²) >= 11 is 1.58. The SMILES string of the molecule is NCC(CCc1ccsc1)(C(=O)O)c1ccc(F)cc1. The molecule has 0 amide bonds. The fourth-order valence-electron chi connectivity index (χ4n) is 2.24. The lowest BCUT2D eigenvalue weighted by Crippen LogP contribution is -2.43. The van der Waals surface area contributed by atoms with Gasteiger partial charge in [-0.25, -0.2) is 4.39 Å². The van der Waals surface area contributed by atoms with Crippen LogP contribution in [0.4, 0.5) is 4.39 Å². The molecule has 0 saturated carbocycles. The van der Waals surface area contributed by atoms with Crippen molar-refractivity contribution in [3.63, 3.8) is 0 Å². The van der Waals surface area contributed by atoms with Crippen molar-refractivity contribution in [2.45, 2.75) is 18.3 Å². The van der Waals surface area contributed by atoms with Crippen molar-refractivity contribution in [3.05, 3.63) is 58.0 Å². The number of carbonyl (C=O) groups is 1. The van der Waals surface area contributed by atoms with Crippen LogP contribution >= 0.6 is 11.3 Å². The lowest BCUT2D eigenvalue weighted by Gasteiger charge is -2.28. The standard InChI is InChI=1S/C15H16FNO2S/c16-13-3-1-12(2-4-13)15(10-17,14(18)19)7-5-11-6-8-20-9-11/h1-4,6,8-9H,5,7,10,17H2,(H,18,19). The van der Waals surface area contributed by atoms with Gasteiger partial charge in [0.2, 0.25) is 0 Å². The summed E-state index contributed by atoms with van der Waals surface area (Å²) in [5.41, 5.74) is 6.21. The number of rotatable bonds is 6. The van der Waals surface area contributed by atoms with Crippen LogP contribution in [-0.2, 0) is 16.6 Å². The van der Waals surface area contributed by atoms with Crippen LogP contribution in [0.15, 0.2) is 41.1 Å². The third kappa shape index (κ3) is 2.89. The first-order valence-corrected chi connectivity index (χ1v) is 7.23. The molecule has 0 spiro atoms. The van der Waals surface area contributed by atoms with Crippen LogP contribution in [0.25, 0.3) is 0 Å². The molecule has 0 saturated heterocycles. The molecule has 106 valence electrons. The van der Waals surface area contributed by atoms with Gasteiger partial charge in [0, 0.05) is 6.54 Å². The van der Waals surface area contributed by atoms with E-state index in [0.717, 1.165) is 5.56 Å². The molecule has 2 rings (SSSR count). The highest BCUT2D eigenvalue weighted by atomic mass is 32.1. The first-order chi connectivity index (χ1) is 9.58. The van der Waals surface area contributed by atoms with E-state index in [1.54, 1.807) is 11.3 Å². The number of halogens is 1. The Hall–Kier alpha value is -1.72. The quantitative estimate of drug-likeness (QED) is 0.861. The fourth-order valence-corrected chi connectivity index (χ4v) is 2.95. The largest absolute Gasteiger partial charge is 0.481 e. The van der Waals surface area contributed by atoms with E-state index in [2.05, 4.69) is 0 Å². The highest BCUT2D eigenvalue weighted by Crippen LogP contribution is 2.30. The molecule has 1 heterocycles. The second-order valence-electron chi connectivity index (χ2n) is 4.73. The van der Waals surface area contributed by atoms with E-state index in [4.69, 9.17) is 5.73 Å². The molecule has 3 N–H and O–H groups in total. The van der Waals surface area contributed by atoms with E-state index in [0.29, 0.717) is 18.4 Å². The van der Waals surface area contributed by atoms with Gasteiger partial charge in [0.25, 0.3) is 0 Å². The van der Waals surface area contributed by atoms with Crippen LogP contribution in [0.3, 0.4) is 0 Å². The maximum Gasteiger partial charge on any atom is 0.315 e. The molecule has 2 aromatic rings. The third-order valence-electron chi connectivity index (χ3n) is 3.58. The molecule has 0 aliphatic heterocycles. The van der Waals surface area contributed by atoms with Gasteiger partial charge in [-0.2, -0.15) is 11.3 Å². The van der Waals surface area contributed by atoms with E-state index in [1.807, 2.05) is 16.8 Å². The van der Waals surface area contributed by atoms with Crippen LogP contribution < -0.4 is 5.73 Å². The maximum absolute atomic E-state index is 13.0. The lowest BCUT2D eigenvalue weighted by atomic mass is 9.76. The van der Waals surface area contributed by atoms with Gasteiger partial charge >= 0.3 is 5.97 Å². The van der Waals surface area contributed by atoms with Gasteiger partial charge in [-0.15, -0.1) is 0 Å². The summed E-state index contributed by atoms with van der Waals surface area (Å²) < 4.78 is 13.0. The van der Waals surface area contributed by atoms with Gasteiger partial charge in [0.15, 0.2) is 0 Å². The average molecular weight is 293 g/mol. The predicted octanol–water partition coefficient (Wildman–Crippen LogP) is 2.80. The molecule has 3 nitrogen and oxygen atoms in total. The van der Waals surface area contributed by atoms with Crippen molar-refractivity contribution >= 4 is 17.3 Å². The summed E-state index contributed by atoms with van der Waals surface area (Å²) in [5.74, 6) is -1.36. The zero-order chi connectivity index (χ0) is 14.6. The number of hydrogen-bond acceptors (Lipinski definition) is 3. The second-order valence-corrected chi connectivity index (χ2v) is 5.51. The predicted molar refractivity (Wildman–Crippen MR) is 77.4 cm³/mol. The Morgan fingerprint density at radius 1 is 1.30 bits per heavy atom. The van der Waals surface area contributed by atoms with Gasteiger partial charge in [0.05, 0.1) is 0 Å². The minimum atomic E-state index is -1.17. The zero-order valence-corrected chi connectivity index (χ0v) is 11.7. The molecule has 0 aliphatic carbocycles. The zero-order valence-electron chi connectivity index (χ0n) is 10.9. The van der Waals surface area contributed by atoms with Gasteiger partial charge in [0.1, 0.15) is 11.2 Å². The molecule has 1 aromatic heterocycles. The number of benzene rings is 1. The molecular formula is C15H16FNO2S. The van der Waals surface area contributed by atoms with Gasteiger partial charge < -0.3 is 10.8 Å². The Labute approximate surface area is 120 Å². The lowest BCUT2D eigenvalue weighted by molar-refractivity contribution is -0.143. The molecule has 0 bridgehead atoms. The molecule has 0 aliphatic rings. The minimum absolute atomic E-state index is 0.0158. The van der Waals surface area contributed by atoms with Crippen molar-refractivity contribution in [1.82, 2.24) is 0 Å². The second kappa shape index (κ2) is 6.15. The first kappa shape index (κ1) is 14.7. The normalized spacial score (nSPS) is 13.9. The van der Waals surface area contributed by atoms with E-state index >= 15 is 0 Å². The van der Waals surface area contributed by atoms with Crippen molar-refractivity contribution in [2.24, 2.45) is 5.73 Å². The molecule has 5 heteroatoms. The molecule has 1 aromatic carbocycles. The summed E-state index contributed by atoms with van der Waals surface area (Å²) in [6, 6.07) is 7.52. The highest BCUT2D eigenvalue weighted by Gasteiger charge is 2.38. The Bertz CT molecular complexity index is 568. The Morgan fingerprint density at radius 3 is 2.50 bits per heavy atom. The molecule has 20 heavy (non-hydrogen) atoms. The molecular weight excluding hydrogens is 277 g/mol. The van der Waals surface area contributed by atoms with E-state index in [1.165, 1.54) is 24.3 Å². The average Bonchev–Trinajstić information content (AvgIpc) is 2.94. The van der Waals surface area contributed by atoms with E-state index < -0.39 is 11.4 Å². The number of carboxylic acid groups (broad SMARTS) is 1. The van der Waals surface area contributed by atoms with E-state index in [-0.39, 0.29) is 12.4 Å². The summed E-state index contributed by atoms with van der Waals surface area (Å²) in [7, 11) is 0. The first-order valence-electron chi connectivity index (χ1n) is 6.29.